The van der Waals surface area contributed by atoms with E-state index in [1.165, 1.54) is 30.3 Å². The van der Waals surface area contributed by atoms with Crippen LogP contribution in [0.2, 0.25) is 0 Å². The molecule has 0 bridgehead atoms. The van der Waals surface area contributed by atoms with Gasteiger partial charge in [0.15, 0.2) is 0 Å². The van der Waals surface area contributed by atoms with E-state index in [1.54, 1.807) is 35.2 Å². The fourth-order valence-electron chi connectivity index (χ4n) is 5.18. The molecule has 2 amide bonds. The zero-order valence-electron chi connectivity index (χ0n) is 22.0. The Morgan fingerprint density at radius 3 is 2.12 bits per heavy atom. The van der Waals surface area contributed by atoms with E-state index in [9.17, 15) is 31.2 Å². The summed E-state index contributed by atoms with van der Waals surface area (Å²) in [5.41, 5.74) is 8.13. The predicted octanol–water partition coefficient (Wildman–Crippen LogP) is 4.37. The van der Waals surface area contributed by atoms with Gasteiger partial charge < -0.3 is 15.4 Å². The van der Waals surface area contributed by atoms with Crippen molar-refractivity contribution in [3.63, 3.8) is 0 Å². The van der Waals surface area contributed by atoms with Crippen molar-refractivity contribution in [1.29, 1.82) is 0 Å². The SMILES string of the molecule is NC(=O)C1CCCC1C(=O)N(CCc1ccc(-c2ccccc2S(N)(=O)=O)cc1)Cc1ccc(OC(F)(F)F)cc1. The maximum Gasteiger partial charge on any atom is 0.573 e. The minimum absolute atomic E-state index is 0.0109. The maximum absolute atomic E-state index is 13.6. The first kappa shape index (κ1) is 30.1. The van der Waals surface area contributed by atoms with E-state index in [0.717, 1.165) is 5.56 Å². The first-order valence-corrected chi connectivity index (χ1v) is 14.5. The maximum atomic E-state index is 13.6. The molecule has 0 aromatic heterocycles. The molecule has 0 saturated heterocycles. The van der Waals surface area contributed by atoms with E-state index in [0.29, 0.717) is 42.4 Å². The Morgan fingerprint density at radius 1 is 0.902 bits per heavy atom. The number of nitrogens with two attached hydrogens (primary N) is 2. The molecule has 4 rings (SSSR count). The number of rotatable bonds is 10. The van der Waals surface area contributed by atoms with Gasteiger partial charge in [0.25, 0.3) is 0 Å². The zero-order valence-corrected chi connectivity index (χ0v) is 22.8. The minimum Gasteiger partial charge on any atom is -0.406 e. The highest BCUT2D eigenvalue weighted by Gasteiger charge is 2.38. The highest BCUT2D eigenvalue weighted by Crippen LogP contribution is 2.34. The average molecular weight is 590 g/mol. The first-order chi connectivity index (χ1) is 19.3. The molecule has 8 nitrogen and oxygen atoms in total. The van der Waals surface area contributed by atoms with Crippen molar-refractivity contribution in [1.82, 2.24) is 4.90 Å². The van der Waals surface area contributed by atoms with Gasteiger partial charge in [-0.2, -0.15) is 0 Å². The fraction of sp³-hybridized carbons (Fsp3) is 0.310. The number of halogens is 3. The van der Waals surface area contributed by atoms with E-state index >= 15 is 0 Å². The van der Waals surface area contributed by atoms with Gasteiger partial charge in [-0.3, -0.25) is 9.59 Å². The lowest BCUT2D eigenvalue weighted by atomic mass is 9.93. The molecule has 218 valence electrons. The monoisotopic (exact) mass is 589 g/mol. The van der Waals surface area contributed by atoms with Gasteiger partial charge in [-0.05, 0) is 54.2 Å². The molecule has 0 spiro atoms. The Bertz CT molecular complexity index is 1490. The number of sulfonamides is 1. The third-order valence-corrected chi connectivity index (χ3v) is 8.14. The van der Waals surface area contributed by atoms with Gasteiger partial charge in [0.2, 0.25) is 21.8 Å². The molecule has 4 N–H and O–H groups in total. The number of carbonyl (C=O) groups excluding carboxylic acids is 2. The van der Waals surface area contributed by atoms with Crippen LogP contribution in [0.4, 0.5) is 13.2 Å². The number of primary sulfonamides is 1. The van der Waals surface area contributed by atoms with Crippen molar-refractivity contribution in [2.24, 2.45) is 22.7 Å². The third-order valence-electron chi connectivity index (χ3n) is 7.17. The van der Waals surface area contributed by atoms with Gasteiger partial charge in [0.05, 0.1) is 4.90 Å². The Balaban J connectivity index is 1.52. The molecular formula is C29H30F3N3O5S. The fourth-order valence-corrected chi connectivity index (χ4v) is 5.94. The molecule has 1 aliphatic carbocycles. The van der Waals surface area contributed by atoms with Crippen LogP contribution >= 0.6 is 0 Å². The number of ether oxygens (including phenoxy) is 1. The quantitative estimate of drug-likeness (QED) is 0.362. The average Bonchev–Trinajstić information content (AvgIpc) is 3.41. The summed E-state index contributed by atoms with van der Waals surface area (Å²) in [5.74, 6) is -2.25. The first-order valence-electron chi connectivity index (χ1n) is 13.0. The van der Waals surface area contributed by atoms with Crippen LogP contribution in [0.15, 0.2) is 77.7 Å². The van der Waals surface area contributed by atoms with Crippen molar-refractivity contribution in [3.8, 4) is 16.9 Å². The summed E-state index contributed by atoms with van der Waals surface area (Å²) >= 11 is 0. The van der Waals surface area contributed by atoms with Crippen LogP contribution in [0, 0.1) is 11.8 Å². The van der Waals surface area contributed by atoms with Crippen LogP contribution < -0.4 is 15.6 Å². The summed E-state index contributed by atoms with van der Waals surface area (Å²) in [5, 5.41) is 5.36. The van der Waals surface area contributed by atoms with E-state index in [-0.39, 0.29) is 29.6 Å². The molecule has 2 atom stereocenters. The smallest absolute Gasteiger partial charge is 0.406 e. The highest BCUT2D eigenvalue weighted by atomic mass is 32.2. The Labute approximate surface area is 236 Å². The molecule has 41 heavy (non-hydrogen) atoms. The standard InChI is InChI=1S/C29H30F3N3O5S/c30-29(31,32)40-22-14-10-20(11-15-22)18-35(28(37)25-6-3-5-24(25)27(33)36)17-16-19-8-12-21(13-9-19)23-4-1-2-7-26(23)41(34,38)39/h1-2,4,7-15,24-25H,3,5-6,16-18H2,(H2,33,36)(H2,34,38,39). The number of nitrogens with zero attached hydrogens (tertiary/aromatic N) is 1. The van der Waals surface area contributed by atoms with Gasteiger partial charge in [0.1, 0.15) is 5.75 Å². The van der Waals surface area contributed by atoms with Crippen LogP contribution in [0.3, 0.4) is 0 Å². The van der Waals surface area contributed by atoms with Crippen LogP contribution in [0.25, 0.3) is 11.1 Å². The van der Waals surface area contributed by atoms with Gasteiger partial charge >= 0.3 is 6.36 Å². The highest BCUT2D eigenvalue weighted by molar-refractivity contribution is 7.89. The molecule has 3 aromatic rings. The summed E-state index contributed by atoms with van der Waals surface area (Å²) in [6, 6.07) is 18.9. The number of hydrogen-bond acceptors (Lipinski definition) is 5. The largest absolute Gasteiger partial charge is 0.573 e. The van der Waals surface area contributed by atoms with E-state index in [2.05, 4.69) is 4.74 Å². The van der Waals surface area contributed by atoms with Crippen LogP contribution in [-0.2, 0) is 32.6 Å². The summed E-state index contributed by atoms with van der Waals surface area (Å²) in [7, 11) is -3.92. The van der Waals surface area contributed by atoms with Gasteiger partial charge in [0, 0.05) is 30.5 Å². The van der Waals surface area contributed by atoms with Gasteiger partial charge in [-0.25, -0.2) is 13.6 Å². The van der Waals surface area contributed by atoms with Crippen molar-refractivity contribution < 1.29 is 35.9 Å². The summed E-state index contributed by atoms with van der Waals surface area (Å²) < 4.78 is 65.5. The van der Waals surface area contributed by atoms with Crippen molar-refractivity contribution >= 4 is 21.8 Å². The minimum atomic E-state index is -4.81. The van der Waals surface area contributed by atoms with Crippen molar-refractivity contribution in [3.05, 3.63) is 83.9 Å². The summed E-state index contributed by atoms with van der Waals surface area (Å²) in [6.45, 7) is 0.391. The number of alkyl halides is 3. The van der Waals surface area contributed by atoms with Gasteiger partial charge in [-0.1, -0.05) is 61.0 Å². The van der Waals surface area contributed by atoms with E-state index in [1.807, 2.05) is 12.1 Å². The summed E-state index contributed by atoms with van der Waals surface area (Å²) in [6.07, 6.45) is -2.62. The topological polar surface area (TPSA) is 133 Å². The lowest BCUT2D eigenvalue weighted by Gasteiger charge is -2.28. The molecule has 0 radical (unpaired) electrons. The second-order valence-electron chi connectivity index (χ2n) is 9.99. The van der Waals surface area contributed by atoms with Crippen LogP contribution in [-0.4, -0.2) is 38.0 Å². The lowest BCUT2D eigenvalue weighted by Crippen LogP contribution is -2.41. The van der Waals surface area contributed by atoms with Gasteiger partial charge in [-0.15, -0.1) is 13.2 Å². The molecule has 1 aliphatic rings. The predicted molar refractivity (Wildman–Crippen MR) is 146 cm³/mol. The van der Waals surface area contributed by atoms with Crippen LogP contribution in [0.1, 0.15) is 30.4 Å². The number of carbonyl (C=O) groups is 2. The molecule has 1 saturated carbocycles. The molecule has 0 heterocycles. The van der Waals surface area contributed by atoms with E-state index in [4.69, 9.17) is 10.9 Å². The second-order valence-corrected chi connectivity index (χ2v) is 11.5. The number of hydrogen-bond donors (Lipinski definition) is 2. The lowest BCUT2D eigenvalue weighted by molar-refractivity contribution is -0.274. The number of primary amides is 1. The molecule has 1 fully saturated rings. The molecule has 0 aliphatic heterocycles. The zero-order chi connectivity index (χ0) is 29.8. The van der Waals surface area contributed by atoms with Crippen LogP contribution in [0.5, 0.6) is 5.75 Å². The Hall–Kier alpha value is -3.90. The number of benzene rings is 3. The second kappa shape index (κ2) is 12.3. The molecule has 2 unspecified atom stereocenters. The molecule has 3 aromatic carbocycles. The number of amides is 2. The Kier molecular flexibility index (Phi) is 9.03. The summed E-state index contributed by atoms with van der Waals surface area (Å²) in [4.78, 5) is 27.2. The van der Waals surface area contributed by atoms with Crippen molar-refractivity contribution in [2.45, 2.75) is 43.5 Å². The normalized spacial score (nSPS) is 17.3. The van der Waals surface area contributed by atoms with E-state index < -0.39 is 34.1 Å². The molecular weight excluding hydrogens is 559 g/mol. The molecule has 12 heteroatoms. The van der Waals surface area contributed by atoms with Crippen molar-refractivity contribution in [2.75, 3.05) is 6.54 Å². The third kappa shape index (κ3) is 7.86. The Morgan fingerprint density at radius 2 is 1.51 bits per heavy atom.